The lowest BCUT2D eigenvalue weighted by atomic mass is 10.1. The number of benzene rings is 1. The zero-order valence-corrected chi connectivity index (χ0v) is 15.6. The molecule has 7 heteroatoms. The monoisotopic (exact) mass is 383 g/mol. The summed E-state index contributed by atoms with van der Waals surface area (Å²) in [6.07, 6.45) is 2.85. The normalized spacial score (nSPS) is 10.9. The lowest BCUT2D eigenvalue weighted by Crippen LogP contribution is -2.11. The van der Waals surface area contributed by atoms with Gasteiger partial charge in [0, 0.05) is 26.6 Å². The predicted molar refractivity (Wildman–Crippen MR) is 99.3 cm³/mol. The van der Waals surface area contributed by atoms with Gasteiger partial charge in [0.25, 0.3) is 0 Å². The fourth-order valence-corrected chi connectivity index (χ4v) is 3.62. The van der Waals surface area contributed by atoms with Gasteiger partial charge in [0.15, 0.2) is 0 Å². The zero-order chi connectivity index (χ0) is 17.9. The molecule has 0 aliphatic carbocycles. The summed E-state index contributed by atoms with van der Waals surface area (Å²) in [5.74, 6) is -0.873. The number of anilines is 1. The van der Waals surface area contributed by atoms with Crippen LogP contribution in [0.15, 0.2) is 24.3 Å². The predicted octanol–water partition coefficient (Wildman–Crippen LogP) is 5.11. The Morgan fingerprint density at radius 1 is 1.21 bits per heavy atom. The molecular formula is C17H15Cl2NO3S. The summed E-state index contributed by atoms with van der Waals surface area (Å²) in [6, 6.07) is 5.10. The van der Waals surface area contributed by atoms with Crippen LogP contribution in [-0.2, 0) is 9.53 Å². The Balaban J connectivity index is 2.23. The molecular weight excluding hydrogens is 369 g/mol. The summed E-state index contributed by atoms with van der Waals surface area (Å²) in [7, 11) is 1.31. The van der Waals surface area contributed by atoms with Gasteiger partial charge in [-0.15, -0.1) is 11.3 Å². The number of thiophene rings is 1. The molecule has 1 aromatic heterocycles. The third-order valence-corrected chi connectivity index (χ3v) is 5.19. The second-order valence-corrected chi connectivity index (χ2v) is 6.98. The van der Waals surface area contributed by atoms with Crippen LogP contribution in [0.3, 0.4) is 0 Å². The summed E-state index contributed by atoms with van der Waals surface area (Å²) < 4.78 is 4.78. The van der Waals surface area contributed by atoms with E-state index in [2.05, 4.69) is 5.32 Å². The van der Waals surface area contributed by atoms with Crippen molar-refractivity contribution < 1.29 is 14.3 Å². The van der Waals surface area contributed by atoms with Crippen molar-refractivity contribution in [3.05, 3.63) is 55.9 Å². The van der Waals surface area contributed by atoms with Crippen molar-refractivity contribution in [1.82, 2.24) is 0 Å². The molecule has 4 nitrogen and oxygen atoms in total. The van der Waals surface area contributed by atoms with Gasteiger partial charge in [-0.2, -0.15) is 0 Å². The highest BCUT2D eigenvalue weighted by atomic mass is 35.5. The van der Waals surface area contributed by atoms with E-state index < -0.39 is 11.9 Å². The van der Waals surface area contributed by atoms with Crippen molar-refractivity contribution in [3.8, 4) is 0 Å². The Morgan fingerprint density at radius 3 is 2.42 bits per heavy atom. The van der Waals surface area contributed by atoms with Crippen molar-refractivity contribution in [1.29, 1.82) is 0 Å². The zero-order valence-electron chi connectivity index (χ0n) is 13.3. The van der Waals surface area contributed by atoms with Crippen LogP contribution < -0.4 is 5.32 Å². The van der Waals surface area contributed by atoms with E-state index in [0.29, 0.717) is 26.2 Å². The molecule has 1 heterocycles. The second kappa shape index (κ2) is 7.83. The molecule has 0 atom stereocenters. The largest absolute Gasteiger partial charge is 0.465 e. The number of amides is 1. The molecule has 24 heavy (non-hydrogen) atoms. The van der Waals surface area contributed by atoms with Gasteiger partial charge in [-0.25, -0.2) is 4.79 Å². The summed E-state index contributed by atoms with van der Waals surface area (Å²) in [4.78, 5) is 25.0. The Kier molecular flexibility index (Phi) is 6.04. The topological polar surface area (TPSA) is 55.4 Å². The van der Waals surface area contributed by atoms with E-state index in [1.54, 1.807) is 18.2 Å². The van der Waals surface area contributed by atoms with E-state index in [9.17, 15) is 9.59 Å². The maximum Gasteiger partial charge on any atom is 0.341 e. The standard InChI is InChI=1S/C17H15Cl2NO3S/c1-9-10(2)24-16(15(9)17(22)23-3)20-14(21)8-7-11-12(18)5-4-6-13(11)19/h4-8H,1-3H3,(H,20,21)/b8-7+. The van der Waals surface area contributed by atoms with Gasteiger partial charge in [0.05, 0.1) is 12.7 Å². The average molecular weight is 384 g/mol. The van der Waals surface area contributed by atoms with Crippen LogP contribution >= 0.6 is 34.5 Å². The fraction of sp³-hybridized carbons (Fsp3) is 0.176. The molecule has 0 aliphatic heterocycles. The Labute approximate surface area is 154 Å². The van der Waals surface area contributed by atoms with Gasteiger partial charge >= 0.3 is 5.97 Å². The van der Waals surface area contributed by atoms with Crippen LogP contribution in [0.1, 0.15) is 26.4 Å². The molecule has 0 unspecified atom stereocenters. The Morgan fingerprint density at radius 2 is 1.83 bits per heavy atom. The van der Waals surface area contributed by atoms with E-state index in [1.807, 2.05) is 13.8 Å². The van der Waals surface area contributed by atoms with Crippen molar-refractivity contribution in [2.45, 2.75) is 13.8 Å². The number of rotatable bonds is 4. The number of carbonyl (C=O) groups is 2. The minimum absolute atomic E-state index is 0.373. The van der Waals surface area contributed by atoms with Crippen LogP contribution in [0.2, 0.25) is 10.0 Å². The second-order valence-electron chi connectivity index (χ2n) is 4.94. The van der Waals surface area contributed by atoms with Crippen molar-refractivity contribution in [2.24, 2.45) is 0 Å². The maximum absolute atomic E-state index is 12.2. The molecule has 1 N–H and O–H groups in total. The summed E-state index contributed by atoms with van der Waals surface area (Å²) in [6.45, 7) is 3.69. The van der Waals surface area contributed by atoms with E-state index in [4.69, 9.17) is 27.9 Å². The van der Waals surface area contributed by atoms with Crippen LogP contribution in [0.4, 0.5) is 5.00 Å². The van der Waals surface area contributed by atoms with E-state index in [0.717, 1.165) is 10.4 Å². The first-order valence-electron chi connectivity index (χ1n) is 6.96. The highest BCUT2D eigenvalue weighted by Gasteiger charge is 2.21. The number of aryl methyl sites for hydroxylation is 1. The van der Waals surface area contributed by atoms with Gasteiger partial charge in [-0.1, -0.05) is 29.3 Å². The number of esters is 1. The number of carbonyl (C=O) groups excluding carboxylic acids is 2. The van der Waals surface area contributed by atoms with Crippen LogP contribution in [0.5, 0.6) is 0 Å². The summed E-state index contributed by atoms with van der Waals surface area (Å²) in [5, 5.41) is 4.06. The van der Waals surface area contributed by atoms with Gasteiger partial charge < -0.3 is 10.1 Å². The minimum atomic E-state index is -0.481. The third kappa shape index (κ3) is 3.98. The van der Waals surface area contributed by atoms with E-state index >= 15 is 0 Å². The highest BCUT2D eigenvalue weighted by Crippen LogP contribution is 2.33. The smallest absolute Gasteiger partial charge is 0.341 e. The van der Waals surface area contributed by atoms with Crippen LogP contribution in [-0.4, -0.2) is 19.0 Å². The van der Waals surface area contributed by atoms with Gasteiger partial charge in [-0.3, -0.25) is 4.79 Å². The van der Waals surface area contributed by atoms with Gasteiger partial charge in [0.2, 0.25) is 5.91 Å². The first kappa shape index (κ1) is 18.5. The molecule has 2 aromatic rings. The number of hydrogen-bond acceptors (Lipinski definition) is 4. The Hall–Kier alpha value is -1.82. The first-order chi connectivity index (χ1) is 11.3. The number of nitrogens with one attached hydrogen (secondary N) is 1. The molecule has 0 saturated carbocycles. The third-order valence-electron chi connectivity index (χ3n) is 3.41. The average Bonchev–Trinajstić information content (AvgIpc) is 2.80. The summed E-state index contributed by atoms with van der Waals surface area (Å²) in [5.41, 5.74) is 1.72. The van der Waals surface area contributed by atoms with Gasteiger partial charge in [-0.05, 0) is 37.6 Å². The number of halogens is 2. The SMILES string of the molecule is COC(=O)c1c(NC(=O)/C=C/c2c(Cl)cccc2Cl)sc(C)c1C. The molecule has 1 amide bonds. The summed E-state index contributed by atoms with van der Waals surface area (Å²) >= 11 is 13.4. The molecule has 1 aromatic carbocycles. The van der Waals surface area contributed by atoms with Crippen molar-refractivity contribution >= 4 is 57.5 Å². The lowest BCUT2D eigenvalue weighted by molar-refractivity contribution is -0.111. The fourth-order valence-electron chi connectivity index (χ4n) is 2.05. The Bertz CT molecular complexity index is 807. The number of ether oxygens (including phenoxy) is 1. The quantitative estimate of drug-likeness (QED) is 0.589. The molecule has 0 bridgehead atoms. The molecule has 0 aliphatic rings. The first-order valence-corrected chi connectivity index (χ1v) is 8.53. The van der Waals surface area contributed by atoms with Crippen molar-refractivity contribution in [3.63, 3.8) is 0 Å². The molecule has 0 saturated heterocycles. The number of hydrogen-bond donors (Lipinski definition) is 1. The molecule has 2 rings (SSSR count). The van der Waals surface area contributed by atoms with Crippen LogP contribution in [0, 0.1) is 13.8 Å². The maximum atomic E-state index is 12.2. The molecule has 0 spiro atoms. The molecule has 0 fully saturated rings. The lowest BCUT2D eigenvalue weighted by Gasteiger charge is -2.04. The van der Waals surface area contributed by atoms with E-state index in [-0.39, 0.29) is 0 Å². The van der Waals surface area contributed by atoms with Crippen LogP contribution in [0.25, 0.3) is 6.08 Å². The molecule has 126 valence electrons. The van der Waals surface area contributed by atoms with E-state index in [1.165, 1.54) is 30.6 Å². The van der Waals surface area contributed by atoms with Gasteiger partial charge in [0.1, 0.15) is 5.00 Å². The number of methoxy groups -OCH3 is 1. The minimum Gasteiger partial charge on any atom is -0.465 e. The van der Waals surface area contributed by atoms with Crippen molar-refractivity contribution in [2.75, 3.05) is 12.4 Å². The highest BCUT2D eigenvalue weighted by molar-refractivity contribution is 7.16. The molecule has 0 radical (unpaired) electrons.